The van der Waals surface area contributed by atoms with E-state index in [0.29, 0.717) is 19.0 Å². The Balaban J connectivity index is 2.32. The molecule has 0 fully saturated rings. The summed E-state index contributed by atoms with van der Waals surface area (Å²) in [6.45, 7) is 3.23. The maximum absolute atomic E-state index is 12.3. The number of nitrogens with zero attached hydrogens (tertiary/aromatic N) is 2. The maximum atomic E-state index is 12.3. The maximum Gasteiger partial charge on any atom is 0.417 e. The summed E-state index contributed by atoms with van der Waals surface area (Å²) in [6.07, 6.45) is -2.76. The van der Waals surface area contributed by atoms with Gasteiger partial charge < -0.3 is 15.8 Å². The van der Waals surface area contributed by atoms with Gasteiger partial charge in [0.15, 0.2) is 5.96 Å². The summed E-state index contributed by atoms with van der Waals surface area (Å²) in [5, 5.41) is 2.82. The fourth-order valence-corrected chi connectivity index (χ4v) is 1.26. The number of nitrogens with one attached hydrogen (secondary N) is 1. The number of hydrogen-bond acceptors (Lipinski definition) is 3. The summed E-state index contributed by atoms with van der Waals surface area (Å²) in [5.41, 5.74) is 4.74. The molecule has 1 aromatic heterocycles. The number of aliphatic imine (C=N–C) groups is 1. The zero-order valence-corrected chi connectivity index (χ0v) is 11.1. The summed E-state index contributed by atoms with van der Waals surface area (Å²) < 4.78 is 42.1. The molecular formula is C12H17F3N4O. The molecule has 1 aromatic rings. The smallest absolute Gasteiger partial charge is 0.417 e. The zero-order valence-electron chi connectivity index (χ0n) is 11.1. The van der Waals surface area contributed by atoms with Gasteiger partial charge in [0.1, 0.15) is 6.61 Å². The molecule has 0 unspecified atom stereocenters. The SMILES string of the molecule is CCCN=C(N)NCCOc1ccc(C(F)(F)F)cn1. The quantitative estimate of drug-likeness (QED) is 0.476. The molecule has 0 aromatic carbocycles. The van der Waals surface area contributed by atoms with E-state index in [1.165, 1.54) is 6.07 Å². The lowest BCUT2D eigenvalue weighted by molar-refractivity contribution is -0.137. The van der Waals surface area contributed by atoms with E-state index in [9.17, 15) is 13.2 Å². The predicted molar refractivity (Wildman–Crippen MR) is 69.5 cm³/mol. The number of hydrogen-bond donors (Lipinski definition) is 2. The number of rotatable bonds is 6. The van der Waals surface area contributed by atoms with Crippen molar-refractivity contribution in [3.8, 4) is 5.88 Å². The van der Waals surface area contributed by atoms with Crippen LogP contribution in [0.2, 0.25) is 0 Å². The number of ether oxygens (including phenoxy) is 1. The summed E-state index contributed by atoms with van der Waals surface area (Å²) in [4.78, 5) is 7.59. The Morgan fingerprint density at radius 2 is 2.20 bits per heavy atom. The van der Waals surface area contributed by atoms with Crippen LogP contribution < -0.4 is 15.8 Å². The van der Waals surface area contributed by atoms with Crippen LogP contribution in [-0.4, -0.2) is 30.6 Å². The van der Waals surface area contributed by atoms with Gasteiger partial charge in [-0.2, -0.15) is 13.2 Å². The van der Waals surface area contributed by atoms with Gasteiger partial charge >= 0.3 is 6.18 Å². The average Bonchev–Trinajstić information content (AvgIpc) is 2.41. The van der Waals surface area contributed by atoms with Crippen molar-refractivity contribution >= 4 is 5.96 Å². The van der Waals surface area contributed by atoms with Gasteiger partial charge in [-0.3, -0.25) is 4.99 Å². The summed E-state index contributed by atoms with van der Waals surface area (Å²) in [6, 6.07) is 2.10. The minimum atomic E-state index is -4.39. The molecule has 3 N–H and O–H groups in total. The van der Waals surface area contributed by atoms with Gasteiger partial charge in [0.05, 0.1) is 12.1 Å². The van der Waals surface area contributed by atoms with Gasteiger partial charge in [0.2, 0.25) is 5.88 Å². The molecule has 0 saturated carbocycles. The number of alkyl halides is 3. The topological polar surface area (TPSA) is 72.5 Å². The number of pyridine rings is 1. The first-order chi connectivity index (χ1) is 9.43. The summed E-state index contributed by atoms with van der Waals surface area (Å²) >= 11 is 0. The molecule has 0 bridgehead atoms. The standard InChI is InChI=1S/C12H17F3N4O/c1-2-5-17-11(16)18-6-7-20-10-4-3-9(8-19-10)12(13,14)15/h3-4,8H,2,5-7H2,1H3,(H3,16,17,18). The third-order valence-electron chi connectivity index (χ3n) is 2.23. The van der Waals surface area contributed by atoms with Gasteiger partial charge in [-0.05, 0) is 12.5 Å². The predicted octanol–water partition coefficient (Wildman–Crippen LogP) is 1.79. The van der Waals surface area contributed by atoms with Crippen molar-refractivity contribution in [1.29, 1.82) is 0 Å². The molecule has 1 rings (SSSR count). The van der Waals surface area contributed by atoms with E-state index >= 15 is 0 Å². The van der Waals surface area contributed by atoms with E-state index in [2.05, 4.69) is 15.3 Å². The van der Waals surface area contributed by atoms with Crippen LogP contribution in [0.4, 0.5) is 13.2 Å². The second-order valence-corrected chi connectivity index (χ2v) is 3.93. The highest BCUT2D eigenvalue weighted by molar-refractivity contribution is 5.77. The van der Waals surface area contributed by atoms with Crippen LogP contribution in [-0.2, 0) is 6.18 Å². The van der Waals surface area contributed by atoms with Crippen molar-refractivity contribution in [2.75, 3.05) is 19.7 Å². The lowest BCUT2D eigenvalue weighted by Gasteiger charge is -2.09. The van der Waals surface area contributed by atoms with Crippen LogP contribution in [0.1, 0.15) is 18.9 Å². The normalized spacial score (nSPS) is 12.3. The van der Waals surface area contributed by atoms with Crippen molar-refractivity contribution < 1.29 is 17.9 Å². The lowest BCUT2D eigenvalue weighted by Crippen LogP contribution is -2.34. The van der Waals surface area contributed by atoms with Crippen LogP contribution in [0, 0.1) is 0 Å². The second-order valence-electron chi connectivity index (χ2n) is 3.93. The van der Waals surface area contributed by atoms with E-state index in [4.69, 9.17) is 10.5 Å². The van der Waals surface area contributed by atoms with Gasteiger partial charge in [0, 0.05) is 18.8 Å². The van der Waals surface area contributed by atoms with E-state index in [1.54, 1.807) is 0 Å². The number of guanidine groups is 1. The molecule has 0 spiro atoms. The first-order valence-electron chi connectivity index (χ1n) is 6.13. The molecule has 0 saturated heterocycles. The molecule has 0 aliphatic carbocycles. The molecule has 0 atom stereocenters. The fourth-order valence-electron chi connectivity index (χ4n) is 1.26. The van der Waals surface area contributed by atoms with Gasteiger partial charge in [-0.15, -0.1) is 0 Å². The lowest BCUT2D eigenvalue weighted by atomic mass is 10.3. The molecule has 0 aliphatic rings. The summed E-state index contributed by atoms with van der Waals surface area (Å²) in [7, 11) is 0. The Hall–Kier alpha value is -1.99. The Labute approximate surface area is 115 Å². The molecule has 0 amide bonds. The molecule has 0 aliphatic heterocycles. The van der Waals surface area contributed by atoms with Crippen molar-refractivity contribution in [2.45, 2.75) is 19.5 Å². The highest BCUT2D eigenvalue weighted by atomic mass is 19.4. The monoisotopic (exact) mass is 290 g/mol. The molecule has 1 heterocycles. The van der Waals surface area contributed by atoms with Crippen LogP contribution in [0.5, 0.6) is 5.88 Å². The van der Waals surface area contributed by atoms with E-state index in [1.807, 2.05) is 6.92 Å². The highest BCUT2D eigenvalue weighted by Gasteiger charge is 2.30. The largest absolute Gasteiger partial charge is 0.476 e. The highest BCUT2D eigenvalue weighted by Crippen LogP contribution is 2.29. The minimum Gasteiger partial charge on any atom is -0.476 e. The Morgan fingerprint density at radius 1 is 1.45 bits per heavy atom. The van der Waals surface area contributed by atoms with E-state index in [-0.39, 0.29) is 12.5 Å². The van der Waals surface area contributed by atoms with Crippen molar-refractivity contribution in [3.05, 3.63) is 23.9 Å². The van der Waals surface area contributed by atoms with Gasteiger partial charge in [0.25, 0.3) is 0 Å². The zero-order chi connectivity index (χ0) is 15.0. The molecule has 112 valence electrons. The van der Waals surface area contributed by atoms with Gasteiger partial charge in [-0.25, -0.2) is 4.98 Å². The third-order valence-corrected chi connectivity index (χ3v) is 2.23. The van der Waals surface area contributed by atoms with E-state index in [0.717, 1.165) is 18.7 Å². The summed E-state index contributed by atoms with van der Waals surface area (Å²) in [5.74, 6) is 0.444. The third kappa shape index (κ3) is 5.77. The molecule has 8 heteroatoms. The minimum absolute atomic E-state index is 0.129. The number of halogens is 3. The van der Waals surface area contributed by atoms with Crippen LogP contribution >= 0.6 is 0 Å². The second kappa shape index (κ2) is 7.56. The fraction of sp³-hybridized carbons (Fsp3) is 0.500. The first-order valence-corrected chi connectivity index (χ1v) is 6.13. The van der Waals surface area contributed by atoms with Crippen molar-refractivity contribution in [3.63, 3.8) is 0 Å². The van der Waals surface area contributed by atoms with Crippen LogP contribution in [0.3, 0.4) is 0 Å². The van der Waals surface area contributed by atoms with Crippen LogP contribution in [0.15, 0.2) is 23.3 Å². The van der Waals surface area contributed by atoms with E-state index < -0.39 is 11.7 Å². The Morgan fingerprint density at radius 3 is 2.75 bits per heavy atom. The van der Waals surface area contributed by atoms with Gasteiger partial charge in [-0.1, -0.05) is 6.92 Å². The number of nitrogens with two attached hydrogens (primary N) is 1. The molecular weight excluding hydrogens is 273 g/mol. The van der Waals surface area contributed by atoms with Crippen molar-refractivity contribution in [2.24, 2.45) is 10.7 Å². The molecule has 0 radical (unpaired) electrons. The van der Waals surface area contributed by atoms with Crippen LogP contribution in [0.25, 0.3) is 0 Å². The van der Waals surface area contributed by atoms with Crippen molar-refractivity contribution in [1.82, 2.24) is 10.3 Å². The first kappa shape index (κ1) is 16.1. The molecule has 5 nitrogen and oxygen atoms in total. The Kier molecular flexibility index (Phi) is 6.08. The average molecular weight is 290 g/mol. The number of aromatic nitrogens is 1. The Bertz CT molecular complexity index is 431. The molecule has 20 heavy (non-hydrogen) atoms.